The third-order valence-electron chi connectivity index (χ3n) is 4.28. The largest absolute Gasteiger partial charge is 0.477 e. The fourth-order valence-corrected chi connectivity index (χ4v) is 5.48. The molecule has 4 N–H and O–H groups in total. The quantitative estimate of drug-likeness (QED) is 0.332. The molecule has 146 valence electrons. The number of nitrogens with zero attached hydrogens (tertiary/aromatic N) is 5. The first-order valence-corrected chi connectivity index (χ1v) is 10.1. The van der Waals surface area contributed by atoms with Crippen molar-refractivity contribution in [2.45, 2.75) is 23.4 Å². The zero-order valence-corrected chi connectivity index (χ0v) is 16.0. The smallest absolute Gasteiger partial charge is 0.375 e. The van der Waals surface area contributed by atoms with Crippen molar-refractivity contribution in [3.05, 3.63) is 28.9 Å². The van der Waals surface area contributed by atoms with E-state index in [1.807, 2.05) is 0 Å². The molecule has 1 amide bonds. The first kappa shape index (κ1) is 18.7. The van der Waals surface area contributed by atoms with Gasteiger partial charge in [-0.3, -0.25) is 9.69 Å². The summed E-state index contributed by atoms with van der Waals surface area (Å²) in [7, 11) is 0. The van der Waals surface area contributed by atoms with Gasteiger partial charge in [-0.1, -0.05) is 0 Å². The maximum Gasteiger partial charge on any atom is 0.375 e. The summed E-state index contributed by atoms with van der Waals surface area (Å²) >= 11 is 2.69. The Morgan fingerprint density at radius 3 is 2.79 bits per heavy atom. The number of aliphatic carboxylic acids is 1. The van der Waals surface area contributed by atoms with Gasteiger partial charge in [0.1, 0.15) is 22.1 Å². The SMILES string of the molecule is Cc1cc(SCC2=C(C(=O)O)N3C(=O)[C@@H](N)[C@H]3SC2)n2nc(C(=O)O)nc2n1. The molecular weight excluding hydrogens is 408 g/mol. The summed E-state index contributed by atoms with van der Waals surface area (Å²) < 4.78 is 1.31. The van der Waals surface area contributed by atoms with Gasteiger partial charge in [-0.25, -0.2) is 14.6 Å². The number of nitrogens with two attached hydrogens (primary N) is 1. The average Bonchev–Trinajstić information content (AvgIpc) is 3.08. The Kier molecular flexibility index (Phi) is 4.51. The second-order valence-electron chi connectivity index (χ2n) is 6.17. The van der Waals surface area contributed by atoms with Crippen LogP contribution < -0.4 is 5.73 Å². The lowest BCUT2D eigenvalue weighted by molar-refractivity contribution is -0.147. The van der Waals surface area contributed by atoms with E-state index in [1.165, 1.54) is 32.9 Å². The van der Waals surface area contributed by atoms with Crippen LogP contribution in [0.1, 0.15) is 16.3 Å². The minimum Gasteiger partial charge on any atom is -0.477 e. The van der Waals surface area contributed by atoms with E-state index in [0.29, 0.717) is 22.0 Å². The highest BCUT2D eigenvalue weighted by Crippen LogP contribution is 2.40. The average molecular weight is 422 g/mol. The van der Waals surface area contributed by atoms with Crippen LogP contribution in [0.2, 0.25) is 0 Å². The fraction of sp³-hybridized carbons (Fsp3) is 0.333. The number of carboxylic acids is 2. The second kappa shape index (κ2) is 6.76. The molecule has 28 heavy (non-hydrogen) atoms. The minimum absolute atomic E-state index is 0.0326. The number of carbonyl (C=O) groups excluding carboxylic acids is 1. The summed E-state index contributed by atoms with van der Waals surface area (Å²) in [5, 5.41) is 22.8. The molecule has 0 unspecified atom stereocenters. The van der Waals surface area contributed by atoms with Crippen molar-refractivity contribution in [2.24, 2.45) is 5.73 Å². The van der Waals surface area contributed by atoms with Crippen molar-refractivity contribution in [3.8, 4) is 0 Å². The molecule has 2 aromatic heterocycles. The van der Waals surface area contributed by atoms with E-state index in [9.17, 15) is 19.5 Å². The summed E-state index contributed by atoms with van der Waals surface area (Å²) in [5.41, 5.74) is 6.92. The predicted octanol–water partition coefficient (Wildman–Crippen LogP) is -0.196. The van der Waals surface area contributed by atoms with E-state index in [4.69, 9.17) is 10.8 Å². The number of fused-ring (bicyclic) bond motifs is 2. The van der Waals surface area contributed by atoms with Crippen LogP contribution in [-0.2, 0) is 9.59 Å². The third kappa shape index (κ3) is 2.91. The van der Waals surface area contributed by atoms with Crippen molar-refractivity contribution < 1.29 is 24.6 Å². The van der Waals surface area contributed by atoms with Gasteiger partial charge in [-0.05, 0) is 18.6 Å². The lowest BCUT2D eigenvalue weighted by Gasteiger charge is -2.48. The topological polar surface area (TPSA) is 164 Å². The minimum atomic E-state index is -1.27. The van der Waals surface area contributed by atoms with Crippen LogP contribution >= 0.6 is 23.5 Å². The second-order valence-corrected chi connectivity index (χ2v) is 8.27. The zero-order valence-electron chi connectivity index (χ0n) is 14.4. The normalized spacial score (nSPS) is 21.6. The van der Waals surface area contributed by atoms with Gasteiger partial charge in [0.2, 0.25) is 5.91 Å². The van der Waals surface area contributed by atoms with Crippen LogP contribution in [0.3, 0.4) is 0 Å². The van der Waals surface area contributed by atoms with Crippen molar-refractivity contribution in [1.29, 1.82) is 0 Å². The number of hydrogen-bond donors (Lipinski definition) is 3. The number of amides is 1. The molecule has 11 nitrogen and oxygen atoms in total. The lowest BCUT2D eigenvalue weighted by Crippen LogP contribution is -2.68. The molecule has 1 fully saturated rings. The van der Waals surface area contributed by atoms with Crippen LogP contribution in [0, 0.1) is 6.92 Å². The van der Waals surface area contributed by atoms with E-state index < -0.39 is 23.9 Å². The Hall–Kier alpha value is -2.64. The van der Waals surface area contributed by atoms with Crippen LogP contribution in [0.5, 0.6) is 0 Å². The van der Waals surface area contributed by atoms with Gasteiger partial charge in [-0.15, -0.1) is 28.6 Å². The molecule has 0 spiro atoms. The van der Waals surface area contributed by atoms with E-state index in [1.54, 1.807) is 13.0 Å². The van der Waals surface area contributed by atoms with Crippen molar-refractivity contribution in [1.82, 2.24) is 24.5 Å². The van der Waals surface area contributed by atoms with Crippen LogP contribution in [0.4, 0.5) is 0 Å². The Morgan fingerprint density at radius 1 is 1.36 bits per heavy atom. The van der Waals surface area contributed by atoms with Crippen molar-refractivity contribution >= 4 is 47.1 Å². The van der Waals surface area contributed by atoms with Gasteiger partial charge in [-0.2, -0.15) is 9.50 Å². The van der Waals surface area contributed by atoms with Crippen LogP contribution in [0.25, 0.3) is 5.78 Å². The van der Waals surface area contributed by atoms with E-state index in [0.717, 1.165) is 0 Å². The standard InChI is InChI=1S/C15H14N6O5S2/c1-5-2-7(21-15(17-5)18-10(19-21)14(25)26)27-3-6-4-28-12-8(16)11(22)20(12)9(6)13(23)24/h2,8,12H,3-4,16H2,1H3,(H,23,24)(H,25,26)/t8-,12-/m1/s1. The fourth-order valence-electron chi connectivity index (χ4n) is 3.00. The molecule has 0 radical (unpaired) electrons. The van der Waals surface area contributed by atoms with Gasteiger partial charge in [0.05, 0.1) is 0 Å². The summed E-state index contributed by atoms with van der Waals surface area (Å²) in [6.45, 7) is 1.74. The molecule has 2 atom stereocenters. The summed E-state index contributed by atoms with van der Waals surface area (Å²) in [6, 6.07) is 1.03. The van der Waals surface area contributed by atoms with Crippen molar-refractivity contribution in [3.63, 3.8) is 0 Å². The molecule has 0 saturated carbocycles. The zero-order chi connectivity index (χ0) is 20.2. The van der Waals surface area contributed by atoms with Gasteiger partial charge < -0.3 is 15.9 Å². The molecule has 2 aliphatic heterocycles. The van der Waals surface area contributed by atoms with Gasteiger partial charge >= 0.3 is 11.9 Å². The first-order chi connectivity index (χ1) is 13.3. The van der Waals surface area contributed by atoms with Gasteiger partial charge in [0.15, 0.2) is 0 Å². The summed E-state index contributed by atoms with van der Waals surface area (Å²) in [5.74, 6) is -2.36. The van der Waals surface area contributed by atoms with Gasteiger partial charge in [0.25, 0.3) is 11.6 Å². The molecule has 4 heterocycles. The number of aryl methyl sites for hydroxylation is 1. The molecule has 1 saturated heterocycles. The monoisotopic (exact) mass is 422 g/mol. The molecule has 0 aliphatic carbocycles. The third-order valence-corrected chi connectivity index (χ3v) is 6.72. The Balaban J connectivity index is 1.66. The predicted molar refractivity (Wildman–Crippen MR) is 98.9 cm³/mol. The molecule has 4 rings (SSSR count). The summed E-state index contributed by atoms with van der Waals surface area (Å²) in [6.07, 6.45) is 0. The highest BCUT2D eigenvalue weighted by molar-refractivity contribution is 8.01. The van der Waals surface area contributed by atoms with Crippen LogP contribution in [-0.4, -0.2) is 75.5 Å². The molecule has 2 aliphatic rings. The molecule has 0 bridgehead atoms. The number of thioether (sulfide) groups is 2. The number of hydrogen-bond acceptors (Lipinski definition) is 9. The highest BCUT2D eigenvalue weighted by Gasteiger charge is 2.51. The van der Waals surface area contributed by atoms with Crippen LogP contribution in [0.15, 0.2) is 22.4 Å². The first-order valence-electron chi connectivity index (χ1n) is 8.04. The number of aromatic nitrogens is 4. The maximum absolute atomic E-state index is 12.0. The number of aromatic carboxylic acids is 1. The molecule has 2 aromatic rings. The number of β-lactam (4-membered cyclic amide) rings is 1. The van der Waals surface area contributed by atoms with E-state index in [2.05, 4.69) is 15.1 Å². The highest BCUT2D eigenvalue weighted by atomic mass is 32.2. The molecule has 13 heteroatoms. The number of carboxylic acid groups (broad SMARTS) is 2. The number of carbonyl (C=O) groups is 3. The maximum atomic E-state index is 12.0. The van der Waals surface area contributed by atoms with Gasteiger partial charge in [0, 0.05) is 17.2 Å². The Bertz CT molecular complexity index is 1070. The Morgan fingerprint density at radius 2 is 2.11 bits per heavy atom. The molecule has 0 aromatic carbocycles. The Labute approximate surface area is 166 Å². The summed E-state index contributed by atoms with van der Waals surface area (Å²) in [4.78, 5) is 44.2. The molecular formula is C15H14N6O5S2. The lowest BCUT2D eigenvalue weighted by atomic mass is 10.0. The van der Waals surface area contributed by atoms with E-state index in [-0.39, 0.29) is 28.4 Å². The number of rotatable bonds is 5. The van der Waals surface area contributed by atoms with E-state index >= 15 is 0 Å². The van der Waals surface area contributed by atoms with Crippen molar-refractivity contribution in [2.75, 3.05) is 11.5 Å².